The average Bonchev–Trinajstić information content (AvgIpc) is 1.79. The highest BCUT2D eigenvalue weighted by Crippen LogP contribution is 2.46. The van der Waals surface area contributed by atoms with Gasteiger partial charge in [0, 0.05) is 10.2 Å². The van der Waals surface area contributed by atoms with Crippen molar-refractivity contribution in [2.75, 3.05) is 0 Å². The average molecular weight is 142 g/mol. The fourth-order valence-electron chi connectivity index (χ4n) is 2.23. The van der Waals surface area contributed by atoms with Crippen LogP contribution in [-0.2, 0) is 0 Å². The zero-order valence-electron chi connectivity index (χ0n) is 7.07. The summed E-state index contributed by atoms with van der Waals surface area (Å²) in [5, 5.41) is 0. The highest BCUT2D eigenvalue weighted by Gasteiger charge is 2.33. The van der Waals surface area contributed by atoms with Crippen molar-refractivity contribution in [1.29, 1.82) is 0 Å². The second-order valence-electron chi connectivity index (χ2n) is 4.53. The molecular formula is C8H18Si. The van der Waals surface area contributed by atoms with Gasteiger partial charge in [0.25, 0.3) is 0 Å². The topological polar surface area (TPSA) is 0 Å². The molecule has 0 bridgehead atoms. The van der Waals surface area contributed by atoms with Crippen molar-refractivity contribution in [3.8, 4) is 0 Å². The Morgan fingerprint density at radius 2 is 1.89 bits per heavy atom. The maximum Gasteiger partial charge on any atom is 0.00709 e. The molecule has 1 aliphatic rings. The molecule has 0 spiro atoms. The van der Waals surface area contributed by atoms with E-state index in [1.165, 1.54) is 23.1 Å². The van der Waals surface area contributed by atoms with Gasteiger partial charge in [-0.15, -0.1) is 0 Å². The van der Waals surface area contributed by atoms with Gasteiger partial charge in [-0.3, -0.25) is 0 Å². The minimum atomic E-state index is 0.672. The zero-order valence-corrected chi connectivity index (χ0v) is 9.07. The quantitative estimate of drug-likeness (QED) is 0.451. The van der Waals surface area contributed by atoms with Crippen molar-refractivity contribution in [1.82, 2.24) is 0 Å². The van der Waals surface area contributed by atoms with Crippen LogP contribution in [0.2, 0.25) is 5.54 Å². The Morgan fingerprint density at radius 3 is 2.00 bits per heavy atom. The molecule has 0 nitrogen and oxygen atoms in total. The second-order valence-corrected chi connectivity index (χ2v) is 6.01. The molecular weight excluding hydrogens is 124 g/mol. The van der Waals surface area contributed by atoms with Crippen molar-refractivity contribution in [2.45, 2.75) is 39.2 Å². The third kappa shape index (κ3) is 1.57. The van der Waals surface area contributed by atoms with Crippen LogP contribution in [0, 0.1) is 11.3 Å². The molecule has 1 heteroatoms. The Hall–Kier alpha value is 0.217. The first-order valence-electron chi connectivity index (χ1n) is 4.01. The maximum atomic E-state index is 2.41. The Labute approximate surface area is 61.5 Å². The zero-order chi connectivity index (χ0) is 7.07. The summed E-state index contributed by atoms with van der Waals surface area (Å²) >= 11 is 0. The highest BCUT2D eigenvalue weighted by atomic mass is 28.1. The first kappa shape index (κ1) is 7.33. The van der Waals surface area contributed by atoms with Crippen LogP contribution >= 0.6 is 0 Å². The molecule has 9 heavy (non-hydrogen) atoms. The highest BCUT2D eigenvalue weighted by molar-refractivity contribution is 6.12. The molecule has 1 rings (SSSR count). The lowest BCUT2D eigenvalue weighted by Gasteiger charge is -2.15. The van der Waals surface area contributed by atoms with Gasteiger partial charge in [-0.2, -0.15) is 0 Å². The molecule has 0 aromatic rings. The maximum absolute atomic E-state index is 2.41. The van der Waals surface area contributed by atoms with Gasteiger partial charge in [-0.05, 0) is 24.2 Å². The summed E-state index contributed by atoms with van der Waals surface area (Å²) in [7, 11) is 1.41. The van der Waals surface area contributed by atoms with E-state index in [0.29, 0.717) is 5.41 Å². The number of hydrogen-bond donors (Lipinski definition) is 0. The van der Waals surface area contributed by atoms with Crippen molar-refractivity contribution in [2.24, 2.45) is 11.3 Å². The standard InChI is InChI=1S/C8H18Si/c1-6-4-8(2,3)5-7(6)9/h6-7H,4-5H2,1-3,9H3. The lowest BCUT2D eigenvalue weighted by molar-refractivity contribution is 0.366. The van der Waals surface area contributed by atoms with Crippen LogP contribution in [0.4, 0.5) is 0 Å². The molecule has 0 N–H and O–H groups in total. The van der Waals surface area contributed by atoms with Gasteiger partial charge in [0.2, 0.25) is 0 Å². The minimum Gasteiger partial charge on any atom is -0.0625 e. The van der Waals surface area contributed by atoms with Crippen molar-refractivity contribution in [3.63, 3.8) is 0 Å². The van der Waals surface area contributed by atoms with Gasteiger partial charge >= 0.3 is 0 Å². The van der Waals surface area contributed by atoms with Crippen LogP contribution in [0.5, 0.6) is 0 Å². The summed E-state index contributed by atoms with van der Waals surface area (Å²) in [5.41, 5.74) is 1.77. The Bertz CT molecular complexity index is 95.1. The molecule has 0 aromatic carbocycles. The van der Waals surface area contributed by atoms with Gasteiger partial charge in [0.15, 0.2) is 0 Å². The van der Waals surface area contributed by atoms with E-state index in [1.807, 2.05) is 0 Å². The lowest BCUT2D eigenvalue weighted by atomic mass is 9.91. The largest absolute Gasteiger partial charge is 0.0625 e. The first-order chi connectivity index (χ1) is 4.01. The van der Waals surface area contributed by atoms with Gasteiger partial charge in [-0.25, -0.2) is 0 Å². The molecule has 0 heterocycles. The third-order valence-corrected chi connectivity index (χ3v) is 4.27. The fraction of sp³-hybridized carbons (Fsp3) is 1.00. The minimum absolute atomic E-state index is 0.672. The summed E-state index contributed by atoms with van der Waals surface area (Å²) in [4.78, 5) is 0. The van der Waals surface area contributed by atoms with Crippen molar-refractivity contribution < 1.29 is 0 Å². The van der Waals surface area contributed by atoms with Crippen LogP contribution in [0.25, 0.3) is 0 Å². The Balaban J connectivity index is 2.54. The summed E-state index contributed by atoms with van der Waals surface area (Å²) < 4.78 is 0. The summed E-state index contributed by atoms with van der Waals surface area (Å²) in [6, 6.07) is 0. The molecule has 1 fully saturated rings. The van der Waals surface area contributed by atoms with Crippen LogP contribution in [0.1, 0.15) is 33.6 Å². The van der Waals surface area contributed by atoms with Crippen molar-refractivity contribution in [3.05, 3.63) is 0 Å². The summed E-state index contributed by atoms with van der Waals surface area (Å²) in [6.07, 6.45) is 2.95. The van der Waals surface area contributed by atoms with E-state index in [4.69, 9.17) is 0 Å². The molecule has 2 unspecified atom stereocenters. The normalized spacial score (nSPS) is 41.7. The predicted molar refractivity (Wildman–Crippen MR) is 45.9 cm³/mol. The van der Waals surface area contributed by atoms with Crippen LogP contribution in [-0.4, -0.2) is 10.2 Å². The molecule has 0 radical (unpaired) electrons. The van der Waals surface area contributed by atoms with Gasteiger partial charge < -0.3 is 0 Å². The van der Waals surface area contributed by atoms with E-state index < -0.39 is 0 Å². The van der Waals surface area contributed by atoms with E-state index in [2.05, 4.69) is 20.8 Å². The molecule has 1 saturated carbocycles. The number of rotatable bonds is 0. The predicted octanol–water partition coefficient (Wildman–Crippen LogP) is 1.60. The molecule has 0 amide bonds. The number of hydrogen-bond acceptors (Lipinski definition) is 0. The van der Waals surface area contributed by atoms with Gasteiger partial charge in [-0.1, -0.05) is 26.3 Å². The molecule has 2 atom stereocenters. The molecule has 0 saturated heterocycles. The summed E-state index contributed by atoms with van der Waals surface area (Å²) in [5.74, 6) is 1.02. The van der Waals surface area contributed by atoms with Crippen LogP contribution in [0.3, 0.4) is 0 Å². The smallest absolute Gasteiger partial charge is 0.00709 e. The van der Waals surface area contributed by atoms with E-state index in [0.717, 1.165) is 11.5 Å². The molecule has 0 aliphatic heterocycles. The van der Waals surface area contributed by atoms with E-state index >= 15 is 0 Å². The van der Waals surface area contributed by atoms with E-state index in [1.54, 1.807) is 0 Å². The van der Waals surface area contributed by atoms with E-state index in [9.17, 15) is 0 Å². The van der Waals surface area contributed by atoms with Crippen LogP contribution < -0.4 is 0 Å². The van der Waals surface area contributed by atoms with Gasteiger partial charge in [0.1, 0.15) is 0 Å². The lowest BCUT2D eigenvalue weighted by Crippen LogP contribution is -2.03. The summed E-state index contributed by atoms with van der Waals surface area (Å²) in [6.45, 7) is 7.22. The monoisotopic (exact) mass is 142 g/mol. The SMILES string of the molecule is CC1CC(C)(C)CC1[SiH3]. The van der Waals surface area contributed by atoms with Gasteiger partial charge in [0.05, 0.1) is 0 Å². The van der Waals surface area contributed by atoms with Crippen molar-refractivity contribution >= 4 is 10.2 Å². The fourth-order valence-corrected chi connectivity index (χ4v) is 3.57. The van der Waals surface area contributed by atoms with E-state index in [-0.39, 0.29) is 0 Å². The second kappa shape index (κ2) is 2.12. The third-order valence-electron chi connectivity index (χ3n) is 2.72. The molecule has 0 aromatic heterocycles. The first-order valence-corrected chi connectivity index (χ1v) is 5.17. The Kier molecular flexibility index (Phi) is 1.72. The Morgan fingerprint density at radius 1 is 1.33 bits per heavy atom. The van der Waals surface area contributed by atoms with Crippen LogP contribution in [0.15, 0.2) is 0 Å². The molecule has 54 valence electrons. The molecule has 1 aliphatic carbocycles.